The Morgan fingerprint density at radius 2 is 1.52 bits per heavy atom. The lowest BCUT2D eigenvalue weighted by atomic mass is 10.0. The van der Waals surface area contributed by atoms with E-state index in [1.165, 1.54) is 35.2 Å². The minimum Gasteiger partial charge on any atom is -0.465 e. The molecule has 22 heteroatoms. The molecule has 0 radical (unpaired) electrons. The predicted molar refractivity (Wildman–Crippen MR) is 175 cm³/mol. The molecule has 0 fully saturated rings. The highest BCUT2D eigenvalue weighted by Gasteiger charge is 2.30. The van der Waals surface area contributed by atoms with Crippen molar-refractivity contribution in [2.75, 3.05) is 10.2 Å². The van der Waals surface area contributed by atoms with Crippen molar-refractivity contribution < 1.29 is 28.5 Å². The zero-order valence-electron chi connectivity index (χ0n) is 25.7. The van der Waals surface area contributed by atoms with E-state index in [1.54, 1.807) is 31.6 Å². The fourth-order valence-electron chi connectivity index (χ4n) is 4.19. The first-order valence-corrected chi connectivity index (χ1v) is 15.1. The van der Waals surface area contributed by atoms with Crippen molar-refractivity contribution in [3.63, 3.8) is 0 Å². The predicted octanol–water partition coefficient (Wildman–Crippen LogP) is 6.56. The first-order chi connectivity index (χ1) is 23.6. The lowest BCUT2D eigenvalue weighted by molar-refractivity contribution is -0.388. The van der Waals surface area contributed by atoms with Crippen LogP contribution >= 0.6 is 23.5 Å². The van der Waals surface area contributed by atoms with Gasteiger partial charge in [0.05, 0.1) is 32.3 Å². The van der Waals surface area contributed by atoms with Crippen molar-refractivity contribution >= 4 is 69.3 Å². The number of thiocyanates is 2. The van der Waals surface area contributed by atoms with E-state index in [9.17, 15) is 38.9 Å². The summed E-state index contributed by atoms with van der Waals surface area (Å²) < 4.78 is 28.6. The van der Waals surface area contributed by atoms with Crippen molar-refractivity contribution in [2.45, 2.75) is 36.4 Å². The molecule has 0 aliphatic carbocycles. The molecule has 0 aliphatic rings. The number of amides is 1. The van der Waals surface area contributed by atoms with Crippen LogP contribution in [0.15, 0.2) is 65.2 Å². The van der Waals surface area contributed by atoms with Crippen LogP contribution in [0.2, 0.25) is 0 Å². The van der Waals surface area contributed by atoms with Gasteiger partial charge in [-0.15, -0.1) is 0 Å². The molecule has 1 amide bonds. The van der Waals surface area contributed by atoms with E-state index in [0.29, 0.717) is 34.6 Å². The minimum atomic E-state index is -1.26. The van der Waals surface area contributed by atoms with Gasteiger partial charge < -0.3 is 10.4 Å². The van der Waals surface area contributed by atoms with Crippen LogP contribution in [-0.4, -0.2) is 56.1 Å². The third-order valence-electron chi connectivity index (χ3n) is 6.17. The van der Waals surface area contributed by atoms with Crippen LogP contribution in [0.1, 0.15) is 20.8 Å². The Kier molecular flexibility index (Phi) is 11.0. The van der Waals surface area contributed by atoms with Crippen LogP contribution in [0, 0.1) is 53.2 Å². The Morgan fingerprint density at radius 1 is 0.940 bits per heavy atom. The number of carbonyl (C=O) groups is 1. The number of halogens is 2. The van der Waals surface area contributed by atoms with Gasteiger partial charge in [0.1, 0.15) is 41.2 Å². The number of anilines is 3. The van der Waals surface area contributed by atoms with Crippen LogP contribution in [0.5, 0.6) is 0 Å². The van der Waals surface area contributed by atoms with Crippen LogP contribution in [-0.2, 0) is 0 Å². The topological polar surface area (TPSA) is 256 Å². The number of hydrogen-bond donors (Lipinski definition) is 2. The number of benzene rings is 2. The van der Waals surface area contributed by atoms with Gasteiger partial charge in [0.25, 0.3) is 0 Å². The van der Waals surface area contributed by atoms with Crippen molar-refractivity contribution in [1.82, 2.24) is 29.5 Å². The number of nitriles is 2. The van der Waals surface area contributed by atoms with E-state index >= 15 is 0 Å². The van der Waals surface area contributed by atoms with Gasteiger partial charge in [-0.3, -0.25) is 29.7 Å². The summed E-state index contributed by atoms with van der Waals surface area (Å²) in [6.45, 7) is 4.99. The molecule has 2 aromatic carbocycles. The van der Waals surface area contributed by atoms with Gasteiger partial charge >= 0.3 is 17.5 Å². The number of rotatable bonds is 8. The number of thioether (sulfide) groups is 2. The summed E-state index contributed by atoms with van der Waals surface area (Å²) in [6.07, 6.45) is 2.04. The summed E-state index contributed by atoms with van der Waals surface area (Å²) in [7, 11) is 0. The smallest absolute Gasteiger partial charge is 0.412 e. The van der Waals surface area contributed by atoms with Gasteiger partial charge in [-0.1, -0.05) is 0 Å². The molecule has 2 N–H and O–H groups in total. The minimum absolute atomic E-state index is 0.0408. The van der Waals surface area contributed by atoms with Gasteiger partial charge in [0.2, 0.25) is 11.9 Å². The van der Waals surface area contributed by atoms with E-state index in [-0.39, 0.29) is 39.0 Å². The monoisotopic (exact) mass is 722 g/mol. The Hall–Kier alpha value is -6.52. The molecular weight excluding hydrogens is 703 g/mol. The van der Waals surface area contributed by atoms with Gasteiger partial charge in [-0.05, 0) is 51.1 Å². The van der Waals surface area contributed by atoms with Crippen molar-refractivity contribution in [2.24, 2.45) is 0 Å². The molecule has 0 aliphatic heterocycles. The molecule has 0 spiro atoms. The summed E-state index contributed by atoms with van der Waals surface area (Å²) in [5, 5.41) is 54.8. The van der Waals surface area contributed by atoms with Gasteiger partial charge in [-0.25, -0.2) is 28.5 Å². The highest BCUT2D eigenvalue weighted by atomic mass is 32.2. The maximum atomic E-state index is 13.8. The Morgan fingerprint density at radius 3 is 2.10 bits per heavy atom. The highest BCUT2D eigenvalue weighted by molar-refractivity contribution is 8.04. The van der Waals surface area contributed by atoms with E-state index in [2.05, 4.69) is 30.2 Å². The van der Waals surface area contributed by atoms with Crippen molar-refractivity contribution in [1.29, 1.82) is 10.5 Å². The van der Waals surface area contributed by atoms with Crippen LogP contribution < -0.4 is 10.2 Å². The fourth-order valence-corrected chi connectivity index (χ4v) is 5.09. The zero-order valence-corrected chi connectivity index (χ0v) is 27.3. The SMILES string of the molecule is CC(C)(C)N(C(=O)O)c1ccc(F)cc1Nc1ncc([N+](=O)[O-])c(SC#N)n1.N#CSc1nc(-n2cnc3ccc(F)cc32)ncc1[N+](=O)[O-]. The molecule has 3 aromatic heterocycles. The molecule has 0 saturated carbocycles. The third kappa shape index (κ3) is 8.30. The van der Waals surface area contributed by atoms with Crippen LogP contribution in [0.3, 0.4) is 0 Å². The van der Waals surface area contributed by atoms with Gasteiger partial charge in [0.15, 0.2) is 10.1 Å². The molecule has 5 rings (SSSR count). The maximum absolute atomic E-state index is 13.8. The van der Waals surface area contributed by atoms with Crippen molar-refractivity contribution in [3.05, 3.63) is 87.0 Å². The molecule has 0 atom stereocenters. The molecule has 254 valence electrons. The molecule has 0 bridgehead atoms. The van der Waals surface area contributed by atoms with Crippen LogP contribution in [0.4, 0.5) is 42.3 Å². The van der Waals surface area contributed by atoms with E-state index in [1.807, 2.05) is 0 Å². The standard InChI is InChI=1S/C16H15FN6O4S.C12H5FN6O2S/c1-16(2,3)22(15(24)25)11-5-4-9(17)6-10(11)20-14-19-7-12(23(26)27)13(21-14)28-8-18;13-7-1-2-8-9(3-7)18(6-16-8)12-15-4-10(19(20)21)11(17-12)22-5-14/h4-7H,1-3H3,(H,24,25)(H,19,20,21);1-4,6H. The second-order valence-electron chi connectivity index (χ2n) is 10.5. The normalized spacial score (nSPS) is 10.7. The molecule has 0 saturated heterocycles. The van der Waals surface area contributed by atoms with Gasteiger partial charge in [-0.2, -0.15) is 20.5 Å². The number of fused-ring (bicyclic) bond motifs is 1. The second kappa shape index (κ2) is 15.1. The molecule has 50 heavy (non-hydrogen) atoms. The fraction of sp³-hybridized carbons (Fsp3) is 0.143. The quantitative estimate of drug-likeness (QED) is 0.0565. The molecular formula is C28H20F2N12O6S2. The number of hydrogen-bond acceptors (Lipinski definition) is 15. The largest absolute Gasteiger partial charge is 0.465 e. The Labute approximate surface area is 287 Å². The molecule has 18 nitrogen and oxygen atoms in total. The summed E-state index contributed by atoms with van der Waals surface area (Å²) in [5.41, 5.74) is -0.557. The first kappa shape index (κ1) is 36.3. The average molecular weight is 723 g/mol. The summed E-state index contributed by atoms with van der Waals surface area (Å²) in [5.74, 6) is -1.19. The number of nitrogens with zero attached hydrogens (tertiary/aromatic N) is 11. The Bertz CT molecular complexity index is 2220. The second-order valence-corrected chi connectivity index (χ2v) is 12.0. The van der Waals surface area contributed by atoms with Crippen LogP contribution in [0.25, 0.3) is 17.0 Å². The lowest BCUT2D eigenvalue weighted by Crippen LogP contribution is -2.45. The van der Waals surface area contributed by atoms with E-state index < -0.39 is 38.8 Å². The summed E-state index contributed by atoms with van der Waals surface area (Å²) >= 11 is 1.03. The summed E-state index contributed by atoms with van der Waals surface area (Å²) in [6, 6.07) is 7.47. The highest BCUT2D eigenvalue weighted by Crippen LogP contribution is 2.35. The van der Waals surface area contributed by atoms with E-state index in [0.717, 1.165) is 29.4 Å². The number of carboxylic acid groups (broad SMARTS) is 1. The summed E-state index contributed by atoms with van der Waals surface area (Å²) in [4.78, 5) is 52.9. The van der Waals surface area contributed by atoms with Gasteiger partial charge in [0, 0.05) is 35.1 Å². The molecule has 0 unspecified atom stereocenters. The Balaban J connectivity index is 0.000000231. The first-order valence-electron chi connectivity index (χ1n) is 13.5. The number of imidazole rings is 1. The average Bonchev–Trinajstić information content (AvgIpc) is 3.45. The number of nitro groups is 2. The molecule has 5 aromatic rings. The third-order valence-corrected chi connectivity index (χ3v) is 7.34. The number of nitrogens with one attached hydrogen (secondary N) is 1. The van der Waals surface area contributed by atoms with E-state index in [4.69, 9.17) is 10.5 Å². The van der Waals surface area contributed by atoms with Crippen molar-refractivity contribution in [3.8, 4) is 16.8 Å². The molecule has 3 heterocycles. The maximum Gasteiger partial charge on any atom is 0.412 e. The number of aromatic nitrogens is 6. The lowest BCUT2D eigenvalue weighted by Gasteiger charge is -2.34. The zero-order chi connectivity index (χ0) is 36.7.